The third kappa shape index (κ3) is 3.87. The molecular formula is C26H21N3O3S. The Labute approximate surface area is 196 Å². The van der Waals surface area contributed by atoms with Crippen LogP contribution in [0.1, 0.15) is 39.5 Å². The first kappa shape index (κ1) is 20.9. The average Bonchev–Trinajstić information content (AvgIpc) is 3.45. The number of nitrogens with zero attached hydrogens (tertiary/aromatic N) is 2. The molecule has 3 heterocycles. The number of hydrogen-bond acceptors (Lipinski definition) is 4. The fourth-order valence-electron chi connectivity index (χ4n) is 4.17. The number of thiocarbonyl (C=S) groups is 1. The molecule has 1 aliphatic rings. The molecule has 2 atom stereocenters. The molecule has 0 radical (unpaired) electrons. The summed E-state index contributed by atoms with van der Waals surface area (Å²) in [4.78, 5) is 18.3. The summed E-state index contributed by atoms with van der Waals surface area (Å²) >= 11 is 5.73. The summed E-state index contributed by atoms with van der Waals surface area (Å²) in [6.07, 6.45) is 1.75. The molecule has 0 bridgehead atoms. The van der Waals surface area contributed by atoms with Crippen molar-refractivity contribution in [2.45, 2.75) is 19.0 Å². The lowest BCUT2D eigenvalue weighted by atomic mass is 10.0. The highest BCUT2D eigenvalue weighted by Gasteiger charge is 2.42. The smallest absolute Gasteiger partial charge is 0.336 e. The van der Waals surface area contributed by atoms with Gasteiger partial charge in [-0.15, -0.1) is 0 Å². The SMILES string of the molecule is Cc1ccc(N2C(=S)N[C@H](c3ccccn3)[C@@H]2c2ccc(-c3ccccc3C(=O)O)o2)cc1. The number of carbonyl (C=O) groups is 1. The largest absolute Gasteiger partial charge is 0.478 e. The highest BCUT2D eigenvalue weighted by atomic mass is 32.1. The van der Waals surface area contributed by atoms with Gasteiger partial charge in [-0.3, -0.25) is 4.98 Å². The Morgan fingerprint density at radius 1 is 1.03 bits per heavy atom. The van der Waals surface area contributed by atoms with E-state index in [1.54, 1.807) is 36.5 Å². The van der Waals surface area contributed by atoms with Gasteiger partial charge in [0.05, 0.1) is 17.3 Å². The van der Waals surface area contributed by atoms with Crippen LogP contribution in [0.25, 0.3) is 11.3 Å². The molecule has 7 heteroatoms. The molecule has 4 aromatic rings. The van der Waals surface area contributed by atoms with Gasteiger partial charge in [-0.1, -0.05) is 42.0 Å². The van der Waals surface area contributed by atoms with Gasteiger partial charge in [-0.25, -0.2) is 4.79 Å². The summed E-state index contributed by atoms with van der Waals surface area (Å²) in [5, 5.41) is 13.6. The van der Waals surface area contributed by atoms with Crippen molar-refractivity contribution in [1.29, 1.82) is 0 Å². The number of benzene rings is 2. The minimum absolute atomic E-state index is 0.190. The average molecular weight is 456 g/mol. The quantitative estimate of drug-likeness (QED) is 0.383. The Morgan fingerprint density at radius 2 is 1.79 bits per heavy atom. The molecule has 2 aromatic heterocycles. The van der Waals surface area contributed by atoms with Gasteiger partial charge in [0.1, 0.15) is 17.6 Å². The molecule has 0 spiro atoms. The minimum Gasteiger partial charge on any atom is -0.478 e. The van der Waals surface area contributed by atoms with Crippen LogP contribution < -0.4 is 10.2 Å². The van der Waals surface area contributed by atoms with E-state index in [4.69, 9.17) is 16.6 Å². The van der Waals surface area contributed by atoms with E-state index in [9.17, 15) is 9.90 Å². The molecule has 164 valence electrons. The highest BCUT2D eigenvalue weighted by molar-refractivity contribution is 7.80. The van der Waals surface area contributed by atoms with Crippen LogP contribution in [0.5, 0.6) is 0 Å². The number of furan rings is 1. The Hall–Kier alpha value is -3.97. The molecule has 6 nitrogen and oxygen atoms in total. The number of aromatic carboxylic acids is 1. The van der Waals surface area contributed by atoms with Crippen LogP contribution in [0, 0.1) is 6.92 Å². The Kier molecular flexibility index (Phi) is 5.40. The van der Waals surface area contributed by atoms with Gasteiger partial charge >= 0.3 is 5.97 Å². The Balaban J connectivity index is 1.61. The number of nitrogens with one attached hydrogen (secondary N) is 1. The summed E-state index contributed by atoms with van der Waals surface area (Å²) in [6.45, 7) is 2.04. The highest BCUT2D eigenvalue weighted by Crippen LogP contribution is 2.43. The van der Waals surface area contributed by atoms with Crippen molar-refractivity contribution >= 4 is 29.0 Å². The number of carboxylic acid groups (broad SMARTS) is 1. The van der Waals surface area contributed by atoms with E-state index in [1.807, 2.05) is 60.4 Å². The molecule has 1 aliphatic heterocycles. The van der Waals surface area contributed by atoms with Crippen molar-refractivity contribution in [3.8, 4) is 11.3 Å². The van der Waals surface area contributed by atoms with Crippen LogP contribution in [0.3, 0.4) is 0 Å². The summed E-state index contributed by atoms with van der Waals surface area (Å²) < 4.78 is 6.29. The zero-order valence-corrected chi connectivity index (χ0v) is 18.6. The maximum absolute atomic E-state index is 11.7. The summed E-state index contributed by atoms with van der Waals surface area (Å²) in [6, 6.07) is 23.9. The predicted molar refractivity (Wildman–Crippen MR) is 130 cm³/mol. The van der Waals surface area contributed by atoms with E-state index in [1.165, 1.54) is 0 Å². The normalized spacial score (nSPS) is 17.7. The number of anilines is 1. The van der Waals surface area contributed by atoms with Gasteiger partial charge in [-0.2, -0.15) is 0 Å². The first-order valence-corrected chi connectivity index (χ1v) is 10.9. The standard InChI is InChI=1S/C26H21N3O3S/c1-16-9-11-17(12-10-16)29-24(23(28-26(29)33)20-8-4-5-15-27-20)22-14-13-21(32-22)18-6-2-3-7-19(18)25(30)31/h2-15,23-24H,1H3,(H,28,33)(H,30,31)/t23-,24+/m1/s1. The first-order valence-electron chi connectivity index (χ1n) is 10.5. The maximum Gasteiger partial charge on any atom is 0.336 e. The van der Waals surface area contributed by atoms with Crippen LogP contribution >= 0.6 is 12.2 Å². The fourth-order valence-corrected chi connectivity index (χ4v) is 4.51. The van der Waals surface area contributed by atoms with Crippen molar-refractivity contribution in [3.63, 3.8) is 0 Å². The lowest BCUT2D eigenvalue weighted by Crippen LogP contribution is -2.29. The molecule has 0 saturated carbocycles. The van der Waals surface area contributed by atoms with E-state index in [0.717, 1.165) is 16.9 Å². The maximum atomic E-state index is 11.7. The van der Waals surface area contributed by atoms with Gasteiger partial charge in [0, 0.05) is 17.4 Å². The number of aromatic nitrogens is 1. The van der Waals surface area contributed by atoms with Crippen LogP contribution in [-0.4, -0.2) is 21.2 Å². The van der Waals surface area contributed by atoms with E-state index in [-0.39, 0.29) is 17.6 Å². The second-order valence-electron chi connectivity index (χ2n) is 7.88. The topological polar surface area (TPSA) is 78.6 Å². The number of pyridine rings is 1. The van der Waals surface area contributed by atoms with Crippen molar-refractivity contribution in [2.75, 3.05) is 4.90 Å². The number of hydrogen-bond donors (Lipinski definition) is 2. The monoisotopic (exact) mass is 455 g/mol. The van der Waals surface area contributed by atoms with Gasteiger partial charge in [0.25, 0.3) is 0 Å². The summed E-state index contributed by atoms with van der Waals surface area (Å²) in [7, 11) is 0. The van der Waals surface area contributed by atoms with Crippen LogP contribution in [0.2, 0.25) is 0 Å². The molecule has 2 N–H and O–H groups in total. The number of aryl methyl sites for hydroxylation is 1. The summed E-state index contributed by atoms with van der Waals surface area (Å²) in [5.41, 5.74) is 3.64. The van der Waals surface area contributed by atoms with E-state index in [0.29, 0.717) is 22.2 Å². The second kappa shape index (κ2) is 8.52. The van der Waals surface area contributed by atoms with Gasteiger partial charge in [0.15, 0.2) is 5.11 Å². The Bertz CT molecular complexity index is 1320. The molecule has 5 rings (SSSR count). The molecular weight excluding hydrogens is 434 g/mol. The molecule has 1 saturated heterocycles. The van der Waals surface area contributed by atoms with Gasteiger partial charge in [-0.05, 0) is 61.6 Å². The van der Waals surface area contributed by atoms with Gasteiger partial charge < -0.3 is 19.7 Å². The van der Waals surface area contributed by atoms with E-state index in [2.05, 4.69) is 10.3 Å². The lowest BCUT2D eigenvalue weighted by molar-refractivity contribution is 0.0697. The fraction of sp³-hybridized carbons (Fsp3) is 0.115. The molecule has 1 fully saturated rings. The van der Waals surface area contributed by atoms with Crippen molar-refractivity contribution in [1.82, 2.24) is 10.3 Å². The first-order chi connectivity index (χ1) is 16.0. The van der Waals surface area contributed by atoms with E-state index < -0.39 is 5.97 Å². The third-order valence-corrected chi connectivity index (χ3v) is 6.07. The second-order valence-corrected chi connectivity index (χ2v) is 8.27. The molecule has 0 aliphatic carbocycles. The van der Waals surface area contributed by atoms with Crippen LogP contribution in [0.4, 0.5) is 5.69 Å². The lowest BCUT2D eigenvalue weighted by Gasteiger charge is -2.26. The zero-order chi connectivity index (χ0) is 22.9. The van der Waals surface area contributed by atoms with Crippen molar-refractivity contribution in [2.24, 2.45) is 0 Å². The number of rotatable bonds is 5. The van der Waals surface area contributed by atoms with Crippen LogP contribution in [0.15, 0.2) is 89.5 Å². The zero-order valence-electron chi connectivity index (χ0n) is 17.8. The molecule has 2 aromatic carbocycles. The molecule has 0 amide bonds. The summed E-state index contributed by atoms with van der Waals surface area (Å²) in [5.74, 6) is 0.151. The molecule has 33 heavy (non-hydrogen) atoms. The predicted octanol–water partition coefficient (Wildman–Crippen LogP) is 5.53. The van der Waals surface area contributed by atoms with Crippen molar-refractivity contribution in [3.05, 3.63) is 108 Å². The van der Waals surface area contributed by atoms with Gasteiger partial charge in [0.2, 0.25) is 0 Å². The number of carboxylic acids is 1. The third-order valence-electron chi connectivity index (χ3n) is 5.75. The molecule has 0 unspecified atom stereocenters. The Morgan fingerprint density at radius 3 is 2.52 bits per heavy atom. The van der Waals surface area contributed by atoms with Crippen molar-refractivity contribution < 1.29 is 14.3 Å². The minimum atomic E-state index is -1.00. The van der Waals surface area contributed by atoms with E-state index >= 15 is 0 Å². The van der Waals surface area contributed by atoms with Crippen LogP contribution in [-0.2, 0) is 0 Å².